The highest BCUT2D eigenvalue weighted by molar-refractivity contribution is 7.14. The SMILES string of the molecule is CC(C)(C)OC(=O)NCCCn1cc(-c2ccc(OCC(ON=C(C(=O)O)c3csc(NC(=O)OC(C)(C)C)n3)C(=O)OC(C)(C)C)cc2)c[n+]1CCCN. The molecule has 2 heterocycles. The smallest absolute Gasteiger partial charge is 0.413 e. The van der Waals surface area contributed by atoms with E-state index in [1.165, 1.54) is 5.38 Å². The average molecular weight is 789 g/mol. The summed E-state index contributed by atoms with van der Waals surface area (Å²) in [6.45, 7) is 17.5. The molecule has 2 amide bonds. The number of amides is 2. The van der Waals surface area contributed by atoms with Gasteiger partial charge in [0.2, 0.25) is 11.9 Å². The van der Waals surface area contributed by atoms with Crippen LogP contribution in [0.5, 0.6) is 5.75 Å². The third kappa shape index (κ3) is 16.0. The minimum absolute atomic E-state index is 0.0724. The Morgan fingerprint density at radius 3 is 2.16 bits per heavy atom. The molecule has 302 valence electrons. The van der Waals surface area contributed by atoms with E-state index < -0.39 is 52.7 Å². The monoisotopic (exact) mass is 788 g/mol. The van der Waals surface area contributed by atoms with E-state index in [0.717, 1.165) is 28.9 Å². The summed E-state index contributed by atoms with van der Waals surface area (Å²) in [6.07, 6.45) is 2.83. The Kier molecular flexibility index (Phi) is 15.6. The zero-order chi connectivity index (χ0) is 41.0. The van der Waals surface area contributed by atoms with E-state index in [1.54, 1.807) is 53.7 Å². The highest BCUT2D eigenvalue weighted by Crippen LogP contribution is 2.23. The van der Waals surface area contributed by atoms with Gasteiger partial charge in [0.1, 0.15) is 34.9 Å². The number of ether oxygens (including phenoxy) is 4. The molecular weight excluding hydrogens is 735 g/mol. The van der Waals surface area contributed by atoms with Gasteiger partial charge in [-0.25, -0.2) is 24.2 Å². The summed E-state index contributed by atoms with van der Waals surface area (Å²) in [6, 6.07) is 7.19. The molecule has 0 spiro atoms. The van der Waals surface area contributed by atoms with Crippen molar-refractivity contribution in [3.63, 3.8) is 0 Å². The van der Waals surface area contributed by atoms with Crippen molar-refractivity contribution in [1.29, 1.82) is 0 Å². The molecule has 0 aliphatic rings. The Balaban J connectivity index is 1.72. The lowest BCUT2D eigenvalue weighted by Gasteiger charge is -2.23. The second-order valence-electron chi connectivity index (χ2n) is 15.3. The Hall–Kier alpha value is -5.23. The molecule has 5 N–H and O–H groups in total. The largest absolute Gasteiger partial charge is 0.489 e. The number of carbonyl (C=O) groups is 4. The number of aromatic nitrogens is 3. The lowest BCUT2D eigenvalue weighted by atomic mass is 10.1. The first kappa shape index (κ1) is 44.2. The van der Waals surface area contributed by atoms with Gasteiger partial charge in [-0.3, -0.25) is 5.32 Å². The Morgan fingerprint density at radius 2 is 1.56 bits per heavy atom. The number of carbonyl (C=O) groups excluding carboxylic acids is 3. The number of thiazole rings is 1. The molecule has 0 aliphatic carbocycles. The molecule has 55 heavy (non-hydrogen) atoms. The number of nitrogens with two attached hydrogens (primary N) is 1. The number of esters is 1. The van der Waals surface area contributed by atoms with Crippen LogP contribution in [0.4, 0.5) is 14.7 Å². The van der Waals surface area contributed by atoms with Crippen LogP contribution in [0.25, 0.3) is 11.1 Å². The predicted molar refractivity (Wildman–Crippen MR) is 205 cm³/mol. The maximum Gasteiger partial charge on any atom is 0.413 e. The van der Waals surface area contributed by atoms with Crippen molar-refractivity contribution >= 4 is 46.3 Å². The van der Waals surface area contributed by atoms with Gasteiger partial charge in [0, 0.05) is 18.3 Å². The van der Waals surface area contributed by atoms with Crippen molar-refractivity contribution < 1.29 is 52.8 Å². The van der Waals surface area contributed by atoms with Crippen LogP contribution in [0, 0.1) is 0 Å². The topological polar surface area (TPSA) is 219 Å². The van der Waals surface area contributed by atoms with Crippen molar-refractivity contribution in [2.45, 2.75) is 111 Å². The van der Waals surface area contributed by atoms with Crippen LogP contribution in [0.1, 0.15) is 80.8 Å². The van der Waals surface area contributed by atoms with Crippen LogP contribution in [-0.4, -0.2) is 87.2 Å². The quantitative estimate of drug-likeness (QED) is 0.0351. The fourth-order valence-electron chi connectivity index (χ4n) is 4.60. The van der Waals surface area contributed by atoms with Crippen LogP contribution in [0.3, 0.4) is 0 Å². The molecule has 17 nitrogen and oxygen atoms in total. The summed E-state index contributed by atoms with van der Waals surface area (Å²) in [7, 11) is 0. The highest BCUT2D eigenvalue weighted by Gasteiger charge is 2.30. The summed E-state index contributed by atoms with van der Waals surface area (Å²) in [5.74, 6) is -1.90. The standard InChI is InChI=1S/C37H53N7O10S/c1-35(2,3)51-31(47)28(54-42-29(30(45)46)27-23-55-32(40-27)41-34(49)53-37(7,8)9)22-50-26-14-12-24(13-15-26)25-20-43(18-10-16-38)44(21-25)19-11-17-39-33(48)52-36(4,5)6/h12-15,20-21,23,28H,10-11,16-19,22,38H2,1-9H3,(H2-,39,40,41,45,46,48,49)/p+1. The molecule has 2 aromatic heterocycles. The second kappa shape index (κ2) is 19.4. The number of hydrogen-bond acceptors (Lipinski definition) is 13. The van der Waals surface area contributed by atoms with Gasteiger partial charge < -0.3 is 39.9 Å². The zero-order valence-electron chi connectivity index (χ0n) is 33.0. The summed E-state index contributed by atoms with van der Waals surface area (Å²) < 4.78 is 26.0. The molecule has 0 saturated carbocycles. The lowest BCUT2D eigenvalue weighted by Crippen LogP contribution is -2.43. The van der Waals surface area contributed by atoms with Crippen molar-refractivity contribution in [2.75, 3.05) is 25.0 Å². The molecular formula is C37H54N7O10S+. The molecule has 0 radical (unpaired) electrons. The minimum Gasteiger partial charge on any atom is -0.489 e. The van der Waals surface area contributed by atoms with E-state index in [9.17, 15) is 24.3 Å². The summed E-state index contributed by atoms with van der Waals surface area (Å²) in [5.41, 5.74) is 4.70. The molecule has 1 aromatic carbocycles. The van der Waals surface area contributed by atoms with Gasteiger partial charge in [-0.15, -0.1) is 16.0 Å². The number of aliphatic carboxylic acids is 1. The molecule has 18 heteroatoms. The zero-order valence-corrected chi connectivity index (χ0v) is 33.8. The molecule has 3 aromatic rings. The highest BCUT2D eigenvalue weighted by atomic mass is 32.1. The van der Waals surface area contributed by atoms with Crippen LogP contribution >= 0.6 is 11.3 Å². The molecule has 0 saturated heterocycles. The number of carboxylic acids is 1. The third-order valence-corrected chi connectivity index (χ3v) is 7.57. The number of nitrogens with one attached hydrogen (secondary N) is 2. The first-order valence-corrected chi connectivity index (χ1v) is 18.7. The Labute approximate surface area is 325 Å². The van der Waals surface area contributed by atoms with Crippen molar-refractivity contribution in [2.24, 2.45) is 10.9 Å². The van der Waals surface area contributed by atoms with E-state index in [0.29, 0.717) is 38.3 Å². The van der Waals surface area contributed by atoms with Crippen LogP contribution in [0.2, 0.25) is 0 Å². The molecule has 1 unspecified atom stereocenters. The van der Waals surface area contributed by atoms with Crippen molar-refractivity contribution in [3.05, 3.63) is 47.7 Å². The number of rotatable bonds is 17. The van der Waals surface area contributed by atoms with Gasteiger partial charge in [0.25, 0.3) is 6.10 Å². The summed E-state index contributed by atoms with van der Waals surface area (Å²) >= 11 is 0.952. The number of hydrogen-bond donors (Lipinski definition) is 4. The molecule has 0 fully saturated rings. The Morgan fingerprint density at radius 1 is 0.927 bits per heavy atom. The van der Waals surface area contributed by atoms with Gasteiger partial charge in [-0.05, 0) is 93.0 Å². The van der Waals surface area contributed by atoms with E-state index in [4.69, 9.17) is 29.5 Å². The minimum atomic E-state index is -1.48. The molecule has 0 bridgehead atoms. The normalized spacial score (nSPS) is 12.7. The number of alkyl carbamates (subject to hydrolysis) is 1. The maximum absolute atomic E-state index is 13.1. The molecule has 0 aliphatic heterocycles. The van der Waals surface area contributed by atoms with Gasteiger partial charge in [-0.1, -0.05) is 17.3 Å². The number of carboxylic acid groups (broad SMARTS) is 1. The van der Waals surface area contributed by atoms with Crippen LogP contribution < -0.4 is 25.8 Å². The van der Waals surface area contributed by atoms with Crippen molar-refractivity contribution in [3.8, 4) is 16.9 Å². The number of anilines is 1. The van der Waals surface area contributed by atoms with E-state index in [2.05, 4.69) is 30.1 Å². The molecule has 3 rings (SSSR count). The average Bonchev–Trinajstić information content (AvgIpc) is 3.68. The summed E-state index contributed by atoms with van der Waals surface area (Å²) in [5, 5.41) is 20.3. The van der Waals surface area contributed by atoms with E-state index >= 15 is 0 Å². The number of benzene rings is 1. The van der Waals surface area contributed by atoms with Crippen LogP contribution in [-0.2, 0) is 41.7 Å². The maximum atomic E-state index is 13.1. The predicted octanol–water partition coefficient (Wildman–Crippen LogP) is 5.10. The summed E-state index contributed by atoms with van der Waals surface area (Å²) in [4.78, 5) is 58.9. The van der Waals surface area contributed by atoms with Gasteiger partial charge in [-0.2, -0.15) is 4.68 Å². The lowest BCUT2D eigenvalue weighted by molar-refractivity contribution is -0.775. The van der Waals surface area contributed by atoms with E-state index in [-0.39, 0.29) is 17.4 Å². The second-order valence-corrected chi connectivity index (χ2v) is 16.2. The van der Waals surface area contributed by atoms with E-state index in [1.807, 2.05) is 45.3 Å². The first-order valence-electron chi connectivity index (χ1n) is 17.8. The fraction of sp³-hybridized carbons (Fsp3) is 0.541. The van der Waals surface area contributed by atoms with Gasteiger partial charge >= 0.3 is 24.1 Å². The Bertz CT molecular complexity index is 1780. The number of aryl methyl sites for hydroxylation is 2. The van der Waals surface area contributed by atoms with Crippen LogP contribution in [0.15, 0.2) is 47.2 Å². The van der Waals surface area contributed by atoms with Gasteiger partial charge in [0.15, 0.2) is 11.7 Å². The number of oxime groups is 1. The van der Waals surface area contributed by atoms with Gasteiger partial charge in [0.05, 0.1) is 18.3 Å². The van der Waals surface area contributed by atoms with Crippen molar-refractivity contribution in [1.82, 2.24) is 15.0 Å². The molecule has 1 atom stereocenters. The third-order valence-electron chi connectivity index (χ3n) is 6.82. The fourth-order valence-corrected chi connectivity index (χ4v) is 5.28. The first-order chi connectivity index (χ1) is 25.6. The number of nitrogens with zero attached hydrogens (tertiary/aromatic N) is 4.